The van der Waals surface area contributed by atoms with E-state index in [1.54, 1.807) is 11.7 Å². The number of hydrogen-bond donors (Lipinski definition) is 1. The number of hydrogen-bond acceptors (Lipinski definition) is 7. The van der Waals surface area contributed by atoms with E-state index in [1.807, 2.05) is 79.7 Å². The molecule has 0 spiro atoms. The quantitative estimate of drug-likeness (QED) is 0.385. The van der Waals surface area contributed by atoms with E-state index in [4.69, 9.17) is 14.5 Å². The first-order valence-electron chi connectivity index (χ1n) is 13.5. The molecule has 208 valence electrons. The molecule has 3 aromatic carbocycles. The Hall–Kier alpha value is -4.47. The summed E-state index contributed by atoms with van der Waals surface area (Å²) in [6.07, 6.45) is 1.89. The predicted octanol–water partition coefficient (Wildman–Crippen LogP) is 3.72. The van der Waals surface area contributed by atoms with Crippen molar-refractivity contribution in [3.8, 4) is 5.75 Å². The summed E-state index contributed by atoms with van der Waals surface area (Å²) in [5.74, 6) is 0.334. The van der Waals surface area contributed by atoms with Gasteiger partial charge in [0.2, 0.25) is 0 Å². The lowest BCUT2D eigenvalue weighted by atomic mass is 9.95. The summed E-state index contributed by atoms with van der Waals surface area (Å²) in [7, 11) is 1.60. The smallest absolute Gasteiger partial charge is 0.271 e. The summed E-state index contributed by atoms with van der Waals surface area (Å²) in [6.45, 7) is 4.99. The van der Waals surface area contributed by atoms with Gasteiger partial charge in [0, 0.05) is 24.5 Å². The average Bonchev–Trinajstić information content (AvgIpc) is 3.31. The van der Waals surface area contributed by atoms with Crippen LogP contribution in [0.4, 0.5) is 11.4 Å². The zero-order chi connectivity index (χ0) is 28.3. The van der Waals surface area contributed by atoms with Gasteiger partial charge >= 0.3 is 0 Å². The van der Waals surface area contributed by atoms with Gasteiger partial charge in [-0.2, -0.15) is 0 Å². The molecular weight excluding hydrogens is 536 g/mol. The second-order valence-corrected chi connectivity index (χ2v) is 10.9. The number of methoxy groups -OCH3 is 1. The summed E-state index contributed by atoms with van der Waals surface area (Å²) < 4.78 is 13.1. The number of para-hydroxylation sites is 1. The molecule has 2 aliphatic heterocycles. The fourth-order valence-corrected chi connectivity index (χ4v) is 6.26. The van der Waals surface area contributed by atoms with Gasteiger partial charge in [-0.05, 0) is 60.5 Å². The Kier molecular flexibility index (Phi) is 7.54. The molecule has 0 bridgehead atoms. The van der Waals surface area contributed by atoms with Gasteiger partial charge in [0.25, 0.3) is 11.5 Å². The molecule has 41 heavy (non-hydrogen) atoms. The molecule has 0 radical (unpaired) electrons. The van der Waals surface area contributed by atoms with Crippen LogP contribution in [0, 0.1) is 0 Å². The van der Waals surface area contributed by atoms with Crippen LogP contribution in [0.1, 0.15) is 24.1 Å². The number of nitrogens with zero attached hydrogens (tertiary/aromatic N) is 3. The number of benzene rings is 3. The number of nitrogens with one attached hydrogen (secondary N) is 1. The number of aromatic nitrogens is 1. The summed E-state index contributed by atoms with van der Waals surface area (Å²) in [4.78, 5) is 35.3. The molecule has 1 N–H and O–H groups in total. The molecular formula is C32H30N4O4S. The highest BCUT2D eigenvalue weighted by atomic mass is 32.1. The van der Waals surface area contributed by atoms with Gasteiger partial charge in [-0.3, -0.25) is 14.2 Å². The first-order chi connectivity index (χ1) is 20.0. The summed E-state index contributed by atoms with van der Waals surface area (Å²) in [6, 6.07) is 24.3. The minimum absolute atomic E-state index is 0.198. The molecule has 1 atom stereocenters. The van der Waals surface area contributed by atoms with E-state index in [-0.39, 0.29) is 11.5 Å². The first-order valence-corrected chi connectivity index (χ1v) is 14.3. The van der Waals surface area contributed by atoms with Crippen molar-refractivity contribution in [2.75, 3.05) is 43.6 Å². The van der Waals surface area contributed by atoms with Gasteiger partial charge in [-0.15, -0.1) is 0 Å². The van der Waals surface area contributed by atoms with Crippen molar-refractivity contribution in [3.05, 3.63) is 121 Å². The van der Waals surface area contributed by atoms with Gasteiger partial charge < -0.3 is 19.7 Å². The number of rotatable bonds is 6. The number of thiazole rings is 1. The third-order valence-corrected chi connectivity index (χ3v) is 8.26. The number of fused-ring (bicyclic) bond motifs is 1. The Balaban J connectivity index is 1.42. The highest BCUT2D eigenvalue weighted by Gasteiger charge is 2.32. The molecule has 0 saturated carbocycles. The average molecular weight is 567 g/mol. The highest BCUT2D eigenvalue weighted by molar-refractivity contribution is 7.07. The predicted molar refractivity (Wildman–Crippen MR) is 161 cm³/mol. The van der Waals surface area contributed by atoms with Crippen LogP contribution in [-0.4, -0.2) is 43.9 Å². The Labute approximate surface area is 241 Å². The number of amides is 1. The van der Waals surface area contributed by atoms with Gasteiger partial charge in [0.1, 0.15) is 5.75 Å². The number of morpholine rings is 1. The number of carbonyl (C=O) groups excluding carboxylic acids is 1. The maximum Gasteiger partial charge on any atom is 0.271 e. The summed E-state index contributed by atoms with van der Waals surface area (Å²) >= 11 is 1.32. The van der Waals surface area contributed by atoms with Crippen LogP contribution in [0.25, 0.3) is 6.08 Å². The van der Waals surface area contributed by atoms with Crippen molar-refractivity contribution < 1.29 is 14.3 Å². The molecule has 0 aliphatic carbocycles. The number of carbonyl (C=O) groups is 1. The lowest BCUT2D eigenvalue weighted by Crippen LogP contribution is -2.40. The van der Waals surface area contributed by atoms with Gasteiger partial charge in [0.05, 0.1) is 42.2 Å². The SMILES string of the molecule is COc1cccc([C@@H]2C(C(=O)Nc3ccccc3)=C(C)N=c3s/c(=C/c4ccc(N5CCOCC5)cc4)c(=O)n32)c1. The van der Waals surface area contributed by atoms with E-state index in [0.717, 1.165) is 43.1 Å². The molecule has 9 heteroatoms. The molecule has 3 heterocycles. The Bertz CT molecular complexity index is 1790. The zero-order valence-corrected chi connectivity index (χ0v) is 23.7. The van der Waals surface area contributed by atoms with E-state index in [9.17, 15) is 9.59 Å². The number of anilines is 2. The van der Waals surface area contributed by atoms with Gasteiger partial charge in [0.15, 0.2) is 4.80 Å². The highest BCUT2D eigenvalue weighted by Crippen LogP contribution is 2.32. The molecule has 1 amide bonds. The monoisotopic (exact) mass is 566 g/mol. The van der Waals surface area contributed by atoms with Crippen LogP contribution in [0.15, 0.2) is 99.9 Å². The molecule has 1 aromatic heterocycles. The Morgan fingerprint density at radius 1 is 1.05 bits per heavy atom. The summed E-state index contributed by atoms with van der Waals surface area (Å²) in [5, 5.41) is 2.98. The van der Waals surface area contributed by atoms with Crippen LogP contribution in [0.5, 0.6) is 5.75 Å². The second-order valence-electron chi connectivity index (χ2n) is 9.87. The maximum absolute atomic E-state index is 14.0. The number of allylic oxidation sites excluding steroid dienone is 1. The number of ether oxygens (including phenoxy) is 2. The third kappa shape index (κ3) is 5.46. The lowest BCUT2D eigenvalue weighted by molar-refractivity contribution is -0.113. The van der Waals surface area contributed by atoms with Crippen molar-refractivity contribution in [1.29, 1.82) is 0 Å². The van der Waals surface area contributed by atoms with Crippen LogP contribution < -0.4 is 29.8 Å². The van der Waals surface area contributed by atoms with E-state index in [2.05, 4.69) is 22.3 Å². The molecule has 8 nitrogen and oxygen atoms in total. The van der Waals surface area contributed by atoms with Crippen LogP contribution in [0.3, 0.4) is 0 Å². The van der Waals surface area contributed by atoms with E-state index >= 15 is 0 Å². The minimum atomic E-state index is -0.670. The van der Waals surface area contributed by atoms with Crippen molar-refractivity contribution in [2.24, 2.45) is 4.99 Å². The van der Waals surface area contributed by atoms with E-state index in [0.29, 0.717) is 32.0 Å². The van der Waals surface area contributed by atoms with Crippen molar-refractivity contribution in [2.45, 2.75) is 13.0 Å². The molecule has 2 aliphatic rings. The van der Waals surface area contributed by atoms with Crippen molar-refractivity contribution in [1.82, 2.24) is 4.57 Å². The zero-order valence-electron chi connectivity index (χ0n) is 22.9. The Morgan fingerprint density at radius 2 is 1.80 bits per heavy atom. The Morgan fingerprint density at radius 3 is 2.54 bits per heavy atom. The van der Waals surface area contributed by atoms with Gasteiger partial charge in [-0.1, -0.05) is 53.8 Å². The molecule has 4 aromatic rings. The van der Waals surface area contributed by atoms with E-state index in [1.165, 1.54) is 11.3 Å². The van der Waals surface area contributed by atoms with Crippen LogP contribution in [0.2, 0.25) is 0 Å². The first kappa shape index (κ1) is 26.7. The molecule has 1 saturated heterocycles. The second kappa shape index (κ2) is 11.6. The largest absolute Gasteiger partial charge is 0.497 e. The topological polar surface area (TPSA) is 85.2 Å². The summed E-state index contributed by atoms with van der Waals surface area (Å²) in [5.41, 5.74) is 4.26. The minimum Gasteiger partial charge on any atom is -0.497 e. The van der Waals surface area contributed by atoms with Crippen LogP contribution in [-0.2, 0) is 9.53 Å². The molecule has 0 unspecified atom stereocenters. The van der Waals surface area contributed by atoms with E-state index < -0.39 is 6.04 Å². The van der Waals surface area contributed by atoms with Gasteiger partial charge in [-0.25, -0.2) is 4.99 Å². The lowest BCUT2D eigenvalue weighted by Gasteiger charge is -2.28. The third-order valence-electron chi connectivity index (χ3n) is 7.27. The fraction of sp³-hybridized carbons (Fsp3) is 0.219. The molecule has 1 fully saturated rings. The van der Waals surface area contributed by atoms with Crippen molar-refractivity contribution >= 4 is 34.7 Å². The molecule has 6 rings (SSSR count). The normalized spacial score (nSPS) is 17.2. The fourth-order valence-electron chi connectivity index (χ4n) is 5.21. The van der Waals surface area contributed by atoms with Crippen molar-refractivity contribution in [3.63, 3.8) is 0 Å². The standard InChI is InChI=1S/C32H30N4O4S/c1-21-28(30(37)34-24-8-4-3-5-9-24)29(23-7-6-10-26(20-23)39-2)36-31(38)27(41-32(36)33-21)19-22-11-13-25(14-12-22)35-15-17-40-18-16-35/h3-14,19-20,29H,15-18H2,1-2H3,(H,34,37)/b27-19+/t29-/m1/s1. The maximum atomic E-state index is 14.0. The van der Waals surface area contributed by atoms with Crippen LogP contribution >= 0.6 is 11.3 Å².